The molecule has 0 N–H and O–H groups in total. The second-order valence-corrected chi connectivity index (χ2v) is 3.53. The summed E-state index contributed by atoms with van der Waals surface area (Å²) >= 11 is 3.34. The van der Waals surface area contributed by atoms with Gasteiger partial charge in [-0.05, 0) is 31.2 Å². The molecule has 0 heterocycles. The molecule has 0 aliphatic heterocycles. The minimum Gasteiger partial charge on any atom is -0.300 e. The lowest BCUT2D eigenvalue weighted by Crippen LogP contribution is -1.90. The van der Waals surface area contributed by atoms with E-state index in [1.165, 1.54) is 12.0 Å². The topological polar surface area (TPSA) is 17.1 Å². The number of hydrogen-bond acceptors (Lipinski definition) is 1. The molecule has 0 spiro atoms. The van der Waals surface area contributed by atoms with Gasteiger partial charge in [0.25, 0.3) is 0 Å². The molecule has 0 atom stereocenters. The van der Waals surface area contributed by atoms with Crippen LogP contribution < -0.4 is 0 Å². The highest BCUT2D eigenvalue weighted by Gasteiger charge is 1.97. The zero-order valence-corrected chi connectivity index (χ0v) is 9.49. The third-order valence-electron chi connectivity index (χ3n) is 1.75. The summed E-state index contributed by atoms with van der Waals surface area (Å²) in [6.45, 7) is 3.82. The summed E-state index contributed by atoms with van der Waals surface area (Å²) in [5, 5.41) is 0. The van der Waals surface area contributed by atoms with Crippen molar-refractivity contribution in [1.29, 1.82) is 0 Å². The molecule has 0 fully saturated rings. The normalized spacial score (nSPS) is 11.8. The van der Waals surface area contributed by atoms with E-state index >= 15 is 0 Å². The molecule has 0 aromatic carbocycles. The second-order valence-electron chi connectivity index (χ2n) is 3.07. The monoisotopic (exact) mass is 232 g/mol. The Morgan fingerprint density at radius 3 is 2.42 bits per heavy atom. The van der Waals surface area contributed by atoms with Gasteiger partial charge in [0.15, 0.2) is 0 Å². The minimum atomic E-state index is 0.292. The van der Waals surface area contributed by atoms with Crippen molar-refractivity contribution >= 4 is 21.7 Å². The van der Waals surface area contributed by atoms with Crippen LogP contribution in [0.3, 0.4) is 0 Å². The van der Waals surface area contributed by atoms with Gasteiger partial charge >= 0.3 is 0 Å². The Morgan fingerprint density at radius 2 is 2.00 bits per heavy atom. The zero-order valence-electron chi connectivity index (χ0n) is 7.90. The van der Waals surface area contributed by atoms with Crippen molar-refractivity contribution < 1.29 is 4.79 Å². The van der Waals surface area contributed by atoms with E-state index in [2.05, 4.69) is 22.9 Å². The Balaban J connectivity index is 3.52. The number of hydrogen-bond donors (Lipinski definition) is 0. The molecule has 0 saturated carbocycles. The SMILES string of the molecule is CCC/C(=C/Br)CCCC(C)=O. The smallest absolute Gasteiger partial charge is 0.129 e. The van der Waals surface area contributed by atoms with Crippen LogP contribution in [0.5, 0.6) is 0 Å². The first kappa shape index (κ1) is 11.9. The maximum atomic E-state index is 10.6. The molecule has 70 valence electrons. The van der Waals surface area contributed by atoms with Gasteiger partial charge in [-0.3, -0.25) is 0 Å². The lowest BCUT2D eigenvalue weighted by molar-refractivity contribution is -0.117. The van der Waals surface area contributed by atoms with Gasteiger partial charge in [0.1, 0.15) is 5.78 Å². The molecule has 0 saturated heterocycles. The molecular weight excluding hydrogens is 216 g/mol. The summed E-state index contributed by atoms with van der Waals surface area (Å²) < 4.78 is 0. The average Bonchev–Trinajstić information content (AvgIpc) is 2.02. The fourth-order valence-electron chi connectivity index (χ4n) is 1.12. The van der Waals surface area contributed by atoms with E-state index in [0.29, 0.717) is 12.2 Å². The number of carbonyl (C=O) groups excluding carboxylic acids is 1. The molecule has 0 unspecified atom stereocenters. The van der Waals surface area contributed by atoms with Gasteiger partial charge in [-0.1, -0.05) is 34.8 Å². The van der Waals surface area contributed by atoms with Crippen molar-refractivity contribution in [3.8, 4) is 0 Å². The lowest BCUT2D eigenvalue weighted by atomic mass is 10.1. The van der Waals surface area contributed by atoms with Crippen molar-refractivity contribution in [2.75, 3.05) is 0 Å². The van der Waals surface area contributed by atoms with Gasteiger partial charge in [-0.15, -0.1) is 0 Å². The van der Waals surface area contributed by atoms with E-state index in [1.54, 1.807) is 6.92 Å². The summed E-state index contributed by atoms with van der Waals surface area (Å²) in [6, 6.07) is 0. The van der Waals surface area contributed by atoms with Crippen LogP contribution in [0, 0.1) is 0 Å². The van der Waals surface area contributed by atoms with E-state index in [-0.39, 0.29) is 0 Å². The average molecular weight is 233 g/mol. The van der Waals surface area contributed by atoms with Gasteiger partial charge in [0, 0.05) is 6.42 Å². The number of allylic oxidation sites excluding steroid dienone is 1. The van der Waals surface area contributed by atoms with E-state index in [0.717, 1.165) is 19.3 Å². The van der Waals surface area contributed by atoms with E-state index in [9.17, 15) is 4.79 Å². The summed E-state index contributed by atoms with van der Waals surface area (Å²) in [5.41, 5.74) is 1.42. The predicted octanol–water partition coefficient (Wildman–Crippen LogP) is 3.82. The molecule has 0 radical (unpaired) electrons. The third-order valence-corrected chi connectivity index (χ3v) is 2.40. The van der Waals surface area contributed by atoms with Crippen LogP contribution in [0.4, 0.5) is 0 Å². The number of ketones is 1. The number of rotatable bonds is 6. The largest absolute Gasteiger partial charge is 0.300 e. The molecule has 2 heteroatoms. The van der Waals surface area contributed by atoms with Crippen molar-refractivity contribution in [1.82, 2.24) is 0 Å². The highest BCUT2D eigenvalue weighted by atomic mass is 79.9. The number of Topliss-reactive ketones (excluding diaryl/α,β-unsaturated/α-hetero) is 1. The molecule has 0 aliphatic rings. The molecule has 1 nitrogen and oxygen atoms in total. The van der Waals surface area contributed by atoms with E-state index < -0.39 is 0 Å². The van der Waals surface area contributed by atoms with Crippen LogP contribution in [0.1, 0.15) is 46.0 Å². The van der Waals surface area contributed by atoms with Gasteiger partial charge in [0.2, 0.25) is 0 Å². The fraction of sp³-hybridized carbons (Fsp3) is 0.700. The van der Waals surface area contributed by atoms with Gasteiger partial charge in [-0.2, -0.15) is 0 Å². The molecule has 0 aromatic rings. The quantitative estimate of drug-likeness (QED) is 0.681. The van der Waals surface area contributed by atoms with Crippen LogP contribution >= 0.6 is 15.9 Å². The first-order valence-corrected chi connectivity index (χ1v) is 5.39. The third kappa shape index (κ3) is 6.59. The van der Waals surface area contributed by atoms with Crippen molar-refractivity contribution in [2.24, 2.45) is 0 Å². The molecule has 0 rings (SSSR count). The first-order valence-electron chi connectivity index (χ1n) is 4.48. The maximum Gasteiger partial charge on any atom is 0.129 e. The molecule has 0 aromatic heterocycles. The second kappa shape index (κ2) is 7.53. The van der Waals surface area contributed by atoms with Crippen molar-refractivity contribution in [3.63, 3.8) is 0 Å². The standard InChI is InChI=1S/C10H17BrO/c1-3-5-10(8-11)7-4-6-9(2)12/h8H,3-7H2,1-2H3/b10-8-. The van der Waals surface area contributed by atoms with Crippen LogP contribution in [0.15, 0.2) is 10.6 Å². The van der Waals surface area contributed by atoms with Gasteiger partial charge < -0.3 is 4.79 Å². The summed E-state index contributed by atoms with van der Waals surface area (Å²) in [5.74, 6) is 0.292. The first-order chi connectivity index (χ1) is 5.70. The van der Waals surface area contributed by atoms with Crippen LogP contribution in [0.2, 0.25) is 0 Å². The van der Waals surface area contributed by atoms with E-state index in [1.807, 2.05) is 4.99 Å². The number of halogens is 1. The van der Waals surface area contributed by atoms with Crippen LogP contribution in [0.25, 0.3) is 0 Å². The predicted molar refractivity (Wildman–Crippen MR) is 56.5 cm³/mol. The lowest BCUT2D eigenvalue weighted by Gasteiger charge is -2.02. The van der Waals surface area contributed by atoms with Crippen molar-refractivity contribution in [3.05, 3.63) is 10.6 Å². The Morgan fingerprint density at radius 1 is 1.33 bits per heavy atom. The Bertz CT molecular complexity index is 161. The maximum absolute atomic E-state index is 10.6. The number of carbonyl (C=O) groups is 1. The Hall–Kier alpha value is -0.110. The van der Waals surface area contributed by atoms with Crippen LogP contribution in [-0.2, 0) is 4.79 Å². The molecular formula is C10H17BrO. The summed E-state index contributed by atoms with van der Waals surface area (Å²) in [4.78, 5) is 12.6. The minimum absolute atomic E-state index is 0.292. The van der Waals surface area contributed by atoms with E-state index in [4.69, 9.17) is 0 Å². The van der Waals surface area contributed by atoms with Gasteiger partial charge in [-0.25, -0.2) is 0 Å². The molecule has 0 amide bonds. The molecule has 0 aliphatic carbocycles. The highest BCUT2D eigenvalue weighted by molar-refractivity contribution is 9.11. The highest BCUT2D eigenvalue weighted by Crippen LogP contribution is 2.15. The van der Waals surface area contributed by atoms with Crippen molar-refractivity contribution in [2.45, 2.75) is 46.0 Å². The Labute approximate surface area is 83.4 Å². The summed E-state index contributed by atoms with van der Waals surface area (Å²) in [7, 11) is 0. The summed E-state index contributed by atoms with van der Waals surface area (Å²) in [6.07, 6.45) is 5.08. The van der Waals surface area contributed by atoms with Gasteiger partial charge in [0.05, 0.1) is 0 Å². The van der Waals surface area contributed by atoms with Crippen LogP contribution in [-0.4, -0.2) is 5.78 Å². The fourth-order valence-corrected chi connectivity index (χ4v) is 1.58. The molecule has 0 bridgehead atoms. The molecule has 12 heavy (non-hydrogen) atoms. The Kier molecular flexibility index (Phi) is 7.47. The zero-order chi connectivity index (χ0) is 9.40.